The Morgan fingerprint density at radius 2 is 1.96 bits per heavy atom. The van der Waals surface area contributed by atoms with E-state index in [1.54, 1.807) is 18.3 Å². The average molecular weight is 358 g/mol. The summed E-state index contributed by atoms with van der Waals surface area (Å²) in [5.74, 6) is -0.228. The van der Waals surface area contributed by atoms with Gasteiger partial charge in [0.05, 0.1) is 16.9 Å². The summed E-state index contributed by atoms with van der Waals surface area (Å²) in [6.07, 6.45) is 5.64. The van der Waals surface area contributed by atoms with Gasteiger partial charge >= 0.3 is 0 Å². The predicted octanol–water partition coefficient (Wildman–Crippen LogP) is 5.44. The summed E-state index contributed by atoms with van der Waals surface area (Å²) < 4.78 is 13.5. The third-order valence-electron chi connectivity index (χ3n) is 4.42. The van der Waals surface area contributed by atoms with Crippen LogP contribution in [0.5, 0.6) is 0 Å². The van der Waals surface area contributed by atoms with Gasteiger partial charge in [-0.25, -0.2) is 4.39 Å². The van der Waals surface area contributed by atoms with Crippen LogP contribution in [0.25, 0.3) is 23.1 Å². The van der Waals surface area contributed by atoms with Gasteiger partial charge in [0.15, 0.2) is 0 Å². The van der Waals surface area contributed by atoms with Crippen LogP contribution in [0, 0.1) is 5.82 Å². The Hall–Kier alpha value is -3.47. The van der Waals surface area contributed by atoms with Gasteiger partial charge in [0, 0.05) is 23.3 Å². The van der Waals surface area contributed by atoms with Crippen molar-refractivity contribution in [3.05, 3.63) is 89.6 Å². The SMILES string of the molecule is C[C@@H](Nc1ccc2[nH]nc(/C=C/c3ccccn3)c2c1)c1cccc(F)c1. The molecule has 4 rings (SSSR count). The Bertz CT molecular complexity index is 1090. The summed E-state index contributed by atoms with van der Waals surface area (Å²) in [6, 6.07) is 18.4. The number of nitrogens with zero attached hydrogens (tertiary/aromatic N) is 2. The number of aromatic nitrogens is 3. The van der Waals surface area contributed by atoms with E-state index in [-0.39, 0.29) is 11.9 Å². The summed E-state index contributed by atoms with van der Waals surface area (Å²) in [4.78, 5) is 4.29. The van der Waals surface area contributed by atoms with Gasteiger partial charge in [-0.3, -0.25) is 10.1 Å². The summed E-state index contributed by atoms with van der Waals surface area (Å²) >= 11 is 0. The first-order chi connectivity index (χ1) is 13.2. The molecule has 1 atom stereocenters. The van der Waals surface area contributed by atoms with Crippen LogP contribution in [0.2, 0.25) is 0 Å². The highest BCUT2D eigenvalue weighted by molar-refractivity contribution is 5.91. The number of fused-ring (bicyclic) bond motifs is 1. The van der Waals surface area contributed by atoms with Crippen LogP contribution in [0.4, 0.5) is 10.1 Å². The molecular weight excluding hydrogens is 339 g/mol. The van der Waals surface area contributed by atoms with E-state index in [4.69, 9.17) is 0 Å². The fourth-order valence-electron chi connectivity index (χ4n) is 3.00. The molecule has 5 heteroatoms. The third kappa shape index (κ3) is 3.87. The zero-order valence-electron chi connectivity index (χ0n) is 14.9. The van der Waals surface area contributed by atoms with E-state index in [0.29, 0.717) is 0 Å². The van der Waals surface area contributed by atoms with Gasteiger partial charge < -0.3 is 5.32 Å². The number of halogens is 1. The molecular formula is C22H19FN4. The van der Waals surface area contributed by atoms with Crippen LogP contribution < -0.4 is 5.32 Å². The summed E-state index contributed by atoms with van der Waals surface area (Å²) in [7, 11) is 0. The lowest BCUT2D eigenvalue weighted by molar-refractivity contribution is 0.623. The second-order valence-corrected chi connectivity index (χ2v) is 6.38. The summed E-state index contributed by atoms with van der Waals surface area (Å²) in [5.41, 5.74) is 4.53. The molecule has 0 saturated carbocycles. The molecule has 0 radical (unpaired) electrons. The number of hydrogen-bond acceptors (Lipinski definition) is 3. The van der Waals surface area contributed by atoms with Crippen molar-refractivity contribution in [3.63, 3.8) is 0 Å². The molecule has 2 heterocycles. The molecule has 0 spiro atoms. The maximum atomic E-state index is 13.5. The number of benzene rings is 2. The van der Waals surface area contributed by atoms with Crippen LogP contribution in [0.3, 0.4) is 0 Å². The van der Waals surface area contributed by atoms with E-state index in [0.717, 1.165) is 33.5 Å². The molecule has 0 unspecified atom stereocenters. The Labute approximate surface area is 156 Å². The molecule has 0 bridgehead atoms. The lowest BCUT2D eigenvalue weighted by atomic mass is 10.1. The Morgan fingerprint density at radius 1 is 1.04 bits per heavy atom. The van der Waals surface area contributed by atoms with Crippen molar-refractivity contribution < 1.29 is 4.39 Å². The molecule has 0 fully saturated rings. The molecule has 2 aromatic heterocycles. The normalized spacial score (nSPS) is 12.5. The Kier molecular flexibility index (Phi) is 4.66. The zero-order chi connectivity index (χ0) is 18.6. The molecule has 2 aromatic carbocycles. The van der Waals surface area contributed by atoms with Crippen LogP contribution in [-0.4, -0.2) is 15.2 Å². The maximum Gasteiger partial charge on any atom is 0.123 e. The molecule has 0 aliphatic rings. The highest BCUT2D eigenvalue weighted by Crippen LogP contribution is 2.25. The smallest absolute Gasteiger partial charge is 0.123 e. The van der Waals surface area contributed by atoms with Crippen molar-refractivity contribution in [3.8, 4) is 0 Å². The molecule has 0 aliphatic heterocycles. The quantitative estimate of drug-likeness (QED) is 0.499. The van der Waals surface area contributed by atoms with Gasteiger partial charge in [-0.15, -0.1) is 0 Å². The van der Waals surface area contributed by atoms with Crippen molar-refractivity contribution >= 4 is 28.7 Å². The van der Waals surface area contributed by atoms with Crippen LogP contribution in [0.1, 0.15) is 29.9 Å². The second kappa shape index (κ2) is 7.41. The first-order valence-corrected chi connectivity index (χ1v) is 8.78. The molecule has 2 N–H and O–H groups in total. The zero-order valence-corrected chi connectivity index (χ0v) is 14.9. The van der Waals surface area contributed by atoms with Crippen molar-refractivity contribution in [2.75, 3.05) is 5.32 Å². The van der Waals surface area contributed by atoms with E-state index in [9.17, 15) is 4.39 Å². The minimum absolute atomic E-state index is 0.0161. The van der Waals surface area contributed by atoms with Gasteiger partial charge in [0.2, 0.25) is 0 Å². The largest absolute Gasteiger partial charge is 0.378 e. The van der Waals surface area contributed by atoms with Gasteiger partial charge in [0.25, 0.3) is 0 Å². The molecule has 134 valence electrons. The lowest BCUT2D eigenvalue weighted by Gasteiger charge is -2.16. The van der Waals surface area contributed by atoms with Gasteiger partial charge in [-0.1, -0.05) is 18.2 Å². The van der Waals surface area contributed by atoms with E-state index < -0.39 is 0 Å². The number of anilines is 1. The van der Waals surface area contributed by atoms with Crippen molar-refractivity contribution in [2.24, 2.45) is 0 Å². The van der Waals surface area contributed by atoms with Crippen LogP contribution in [0.15, 0.2) is 66.9 Å². The van der Waals surface area contributed by atoms with Crippen molar-refractivity contribution in [1.82, 2.24) is 15.2 Å². The predicted molar refractivity (Wildman–Crippen MR) is 108 cm³/mol. The number of pyridine rings is 1. The number of aromatic amines is 1. The molecule has 4 nitrogen and oxygen atoms in total. The lowest BCUT2D eigenvalue weighted by Crippen LogP contribution is -2.06. The minimum Gasteiger partial charge on any atom is -0.378 e. The third-order valence-corrected chi connectivity index (χ3v) is 4.42. The number of nitrogens with one attached hydrogen (secondary N) is 2. The molecule has 4 aromatic rings. The van der Waals surface area contributed by atoms with E-state index in [2.05, 4.69) is 20.5 Å². The monoisotopic (exact) mass is 358 g/mol. The average Bonchev–Trinajstić information content (AvgIpc) is 3.09. The summed E-state index contributed by atoms with van der Waals surface area (Å²) in [5, 5.41) is 11.9. The molecule has 27 heavy (non-hydrogen) atoms. The fourth-order valence-corrected chi connectivity index (χ4v) is 3.00. The van der Waals surface area contributed by atoms with Gasteiger partial charge in [0.1, 0.15) is 5.82 Å². The highest BCUT2D eigenvalue weighted by Gasteiger charge is 2.09. The van der Waals surface area contributed by atoms with Crippen molar-refractivity contribution in [2.45, 2.75) is 13.0 Å². The molecule has 0 aliphatic carbocycles. The van der Waals surface area contributed by atoms with Crippen molar-refractivity contribution in [1.29, 1.82) is 0 Å². The number of H-pyrrole nitrogens is 1. The summed E-state index contributed by atoms with van der Waals surface area (Å²) in [6.45, 7) is 2.01. The Balaban J connectivity index is 1.59. The fraction of sp³-hybridized carbons (Fsp3) is 0.0909. The van der Waals surface area contributed by atoms with E-state index in [1.165, 1.54) is 6.07 Å². The number of hydrogen-bond donors (Lipinski definition) is 2. The first-order valence-electron chi connectivity index (χ1n) is 8.78. The molecule has 0 saturated heterocycles. The van der Waals surface area contributed by atoms with E-state index in [1.807, 2.05) is 61.5 Å². The maximum absolute atomic E-state index is 13.5. The standard InChI is InChI=1S/C22H19FN4/c1-15(16-5-4-6-17(23)13-16)25-19-9-11-22-20(14-19)21(26-27-22)10-8-18-7-2-3-12-24-18/h2-15,25H,1H3,(H,26,27)/b10-8+/t15-/m1/s1. The second-order valence-electron chi connectivity index (χ2n) is 6.38. The van der Waals surface area contributed by atoms with E-state index >= 15 is 0 Å². The molecule has 0 amide bonds. The van der Waals surface area contributed by atoms with Gasteiger partial charge in [-0.2, -0.15) is 5.10 Å². The topological polar surface area (TPSA) is 53.6 Å². The first kappa shape index (κ1) is 17.0. The van der Waals surface area contributed by atoms with Crippen LogP contribution in [-0.2, 0) is 0 Å². The highest BCUT2D eigenvalue weighted by atomic mass is 19.1. The Morgan fingerprint density at radius 3 is 2.78 bits per heavy atom. The number of rotatable bonds is 5. The van der Waals surface area contributed by atoms with Crippen LogP contribution >= 0.6 is 0 Å². The van der Waals surface area contributed by atoms with Gasteiger partial charge in [-0.05, 0) is 67.1 Å². The minimum atomic E-state index is -0.228.